The summed E-state index contributed by atoms with van der Waals surface area (Å²) in [5.41, 5.74) is 2.93. The first-order valence-electron chi connectivity index (χ1n) is 7.35. The SMILES string of the molecule is CCOc1cccc(C(=O)N2c3ccccc3CC2C)c1. The van der Waals surface area contributed by atoms with Crippen LogP contribution in [0.5, 0.6) is 5.75 Å². The van der Waals surface area contributed by atoms with Gasteiger partial charge in [-0.2, -0.15) is 0 Å². The number of anilines is 1. The molecule has 3 rings (SSSR count). The molecule has 1 heterocycles. The van der Waals surface area contributed by atoms with Crippen LogP contribution in [-0.2, 0) is 6.42 Å². The van der Waals surface area contributed by atoms with E-state index < -0.39 is 0 Å². The average Bonchev–Trinajstić information content (AvgIpc) is 2.83. The molecule has 1 unspecified atom stereocenters. The highest BCUT2D eigenvalue weighted by Gasteiger charge is 2.31. The molecule has 0 aromatic heterocycles. The number of rotatable bonds is 3. The number of nitrogens with zero attached hydrogens (tertiary/aromatic N) is 1. The predicted molar refractivity (Wildman–Crippen MR) is 84.0 cm³/mol. The Morgan fingerprint density at radius 1 is 1.24 bits per heavy atom. The van der Waals surface area contributed by atoms with E-state index in [1.165, 1.54) is 5.56 Å². The van der Waals surface area contributed by atoms with Gasteiger partial charge in [-0.15, -0.1) is 0 Å². The Morgan fingerprint density at radius 2 is 2.05 bits per heavy atom. The van der Waals surface area contributed by atoms with Gasteiger partial charge in [0.05, 0.1) is 6.61 Å². The summed E-state index contributed by atoms with van der Waals surface area (Å²) in [6.07, 6.45) is 0.910. The third-order valence-corrected chi connectivity index (χ3v) is 3.82. The summed E-state index contributed by atoms with van der Waals surface area (Å²) in [5, 5.41) is 0. The summed E-state index contributed by atoms with van der Waals surface area (Å²) < 4.78 is 5.48. The number of hydrogen-bond acceptors (Lipinski definition) is 2. The van der Waals surface area contributed by atoms with Gasteiger partial charge < -0.3 is 9.64 Å². The van der Waals surface area contributed by atoms with E-state index in [1.54, 1.807) is 0 Å². The lowest BCUT2D eigenvalue weighted by atomic mass is 10.1. The zero-order valence-electron chi connectivity index (χ0n) is 12.4. The molecule has 1 amide bonds. The van der Waals surface area contributed by atoms with Gasteiger partial charge >= 0.3 is 0 Å². The van der Waals surface area contributed by atoms with E-state index >= 15 is 0 Å². The third-order valence-electron chi connectivity index (χ3n) is 3.82. The second-order valence-corrected chi connectivity index (χ2v) is 5.32. The molecule has 108 valence electrons. The topological polar surface area (TPSA) is 29.5 Å². The van der Waals surface area contributed by atoms with Crippen LogP contribution in [0, 0.1) is 0 Å². The summed E-state index contributed by atoms with van der Waals surface area (Å²) >= 11 is 0. The number of fused-ring (bicyclic) bond motifs is 1. The fraction of sp³-hybridized carbons (Fsp3) is 0.278. The number of carbonyl (C=O) groups is 1. The van der Waals surface area contributed by atoms with Crippen molar-refractivity contribution >= 4 is 11.6 Å². The lowest BCUT2D eigenvalue weighted by Crippen LogP contribution is -2.35. The van der Waals surface area contributed by atoms with Crippen LogP contribution in [0.2, 0.25) is 0 Å². The summed E-state index contributed by atoms with van der Waals surface area (Å²) in [5.74, 6) is 0.775. The van der Waals surface area contributed by atoms with Crippen LogP contribution in [0.25, 0.3) is 0 Å². The monoisotopic (exact) mass is 281 g/mol. The van der Waals surface area contributed by atoms with Crippen LogP contribution in [0.15, 0.2) is 48.5 Å². The molecule has 0 saturated heterocycles. The highest BCUT2D eigenvalue weighted by Crippen LogP contribution is 2.33. The van der Waals surface area contributed by atoms with Gasteiger partial charge in [0, 0.05) is 17.3 Å². The lowest BCUT2D eigenvalue weighted by molar-refractivity contribution is 0.0981. The molecular formula is C18H19NO2. The van der Waals surface area contributed by atoms with Crippen molar-refractivity contribution in [3.05, 3.63) is 59.7 Å². The molecule has 1 aliphatic heterocycles. The minimum atomic E-state index is 0.0361. The van der Waals surface area contributed by atoms with E-state index in [4.69, 9.17) is 4.74 Å². The van der Waals surface area contributed by atoms with Crippen molar-refractivity contribution in [3.63, 3.8) is 0 Å². The molecule has 0 spiro atoms. The summed E-state index contributed by atoms with van der Waals surface area (Å²) in [6.45, 7) is 4.62. The van der Waals surface area contributed by atoms with Crippen molar-refractivity contribution in [1.82, 2.24) is 0 Å². The zero-order valence-corrected chi connectivity index (χ0v) is 12.4. The first-order chi connectivity index (χ1) is 10.2. The fourth-order valence-corrected chi connectivity index (χ4v) is 2.90. The molecule has 2 aromatic rings. The average molecular weight is 281 g/mol. The minimum Gasteiger partial charge on any atom is -0.494 e. The van der Waals surface area contributed by atoms with Gasteiger partial charge in [-0.05, 0) is 50.1 Å². The van der Waals surface area contributed by atoms with Crippen LogP contribution in [0.4, 0.5) is 5.69 Å². The Hall–Kier alpha value is -2.29. The van der Waals surface area contributed by atoms with E-state index in [2.05, 4.69) is 13.0 Å². The van der Waals surface area contributed by atoms with E-state index in [-0.39, 0.29) is 11.9 Å². The first kappa shape index (κ1) is 13.7. The predicted octanol–water partition coefficient (Wildman–Crippen LogP) is 3.68. The van der Waals surface area contributed by atoms with Gasteiger partial charge in [-0.3, -0.25) is 4.79 Å². The number of para-hydroxylation sites is 1. The molecule has 3 heteroatoms. The number of amides is 1. The first-order valence-corrected chi connectivity index (χ1v) is 7.35. The Balaban J connectivity index is 1.93. The number of benzene rings is 2. The second-order valence-electron chi connectivity index (χ2n) is 5.32. The highest BCUT2D eigenvalue weighted by molar-refractivity contribution is 6.07. The maximum atomic E-state index is 12.8. The van der Waals surface area contributed by atoms with Crippen molar-refractivity contribution in [2.45, 2.75) is 26.3 Å². The molecule has 2 aromatic carbocycles. The van der Waals surface area contributed by atoms with E-state index in [9.17, 15) is 4.79 Å². The molecule has 1 aliphatic rings. The lowest BCUT2D eigenvalue weighted by Gasteiger charge is -2.23. The molecule has 0 aliphatic carbocycles. The van der Waals surface area contributed by atoms with Crippen molar-refractivity contribution in [2.75, 3.05) is 11.5 Å². The quantitative estimate of drug-likeness (QED) is 0.859. The Kier molecular flexibility index (Phi) is 3.65. The van der Waals surface area contributed by atoms with E-state index in [1.807, 2.05) is 54.3 Å². The summed E-state index contributed by atoms with van der Waals surface area (Å²) in [7, 11) is 0. The molecular weight excluding hydrogens is 262 g/mol. The molecule has 1 atom stereocenters. The normalized spacial score (nSPS) is 16.7. The largest absolute Gasteiger partial charge is 0.494 e. The standard InChI is InChI=1S/C18H19NO2/c1-3-21-16-9-6-8-15(12-16)18(20)19-13(2)11-14-7-4-5-10-17(14)19/h4-10,12-13H,3,11H2,1-2H3. The van der Waals surface area contributed by atoms with Crippen LogP contribution in [-0.4, -0.2) is 18.6 Å². The van der Waals surface area contributed by atoms with Gasteiger partial charge in [-0.25, -0.2) is 0 Å². The van der Waals surface area contributed by atoms with Crippen LogP contribution >= 0.6 is 0 Å². The summed E-state index contributed by atoms with van der Waals surface area (Å²) in [6, 6.07) is 15.7. The maximum absolute atomic E-state index is 12.8. The number of hydrogen-bond donors (Lipinski definition) is 0. The Bertz CT molecular complexity index is 666. The molecule has 0 saturated carbocycles. The zero-order chi connectivity index (χ0) is 14.8. The fourth-order valence-electron chi connectivity index (χ4n) is 2.90. The van der Waals surface area contributed by atoms with Crippen molar-refractivity contribution in [1.29, 1.82) is 0 Å². The molecule has 0 fully saturated rings. The van der Waals surface area contributed by atoms with Gasteiger partial charge in [0.15, 0.2) is 0 Å². The van der Waals surface area contributed by atoms with Crippen LogP contribution in [0.3, 0.4) is 0 Å². The van der Waals surface area contributed by atoms with Gasteiger partial charge in [0.1, 0.15) is 5.75 Å². The summed E-state index contributed by atoms with van der Waals surface area (Å²) in [4.78, 5) is 14.7. The molecule has 0 N–H and O–H groups in total. The van der Waals surface area contributed by atoms with Crippen LogP contribution < -0.4 is 9.64 Å². The highest BCUT2D eigenvalue weighted by atomic mass is 16.5. The van der Waals surface area contributed by atoms with E-state index in [0.717, 1.165) is 17.9 Å². The molecule has 0 radical (unpaired) electrons. The smallest absolute Gasteiger partial charge is 0.258 e. The third kappa shape index (κ3) is 2.51. The molecule has 21 heavy (non-hydrogen) atoms. The number of ether oxygens (including phenoxy) is 1. The van der Waals surface area contributed by atoms with Gasteiger partial charge in [-0.1, -0.05) is 24.3 Å². The van der Waals surface area contributed by atoms with Crippen molar-refractivity contribution in [3.8, 4) is 5.75 Å². The van der Waals surface area contributed by atoms with Crippen LogP contribution in [0.1, 0.15) is 29.8 Å². The Morgan fingerprint density at radius 3 is 2.86 bits per heavy atom. The van der Waals surface area contributed by atoms with Gasteiger partial charge in [0.25, 0.3) is 5.91 Å². The maximum Gasteiger partial charge on any atom is 0.258 e. The number of carbonyl (C=O) groups excluding carboxylic acids is 1. The minimum absolute atomic E-state index is 0.0361. The second kappa shape index (κ2) is 5.60. The Labute approximate surface area is 125 Å². The van der Waals surface area contributed by atoms with E-state index in [0.29, 0.717) is 12.2 Å². The molecule has 3 nitrogen and oxygen atoms in total. The van der Waals surface area contributed by atoms with Gasteiger partial charge in [0.2, 0.25) is 0 Å². The van der Waals surface area contributed by atoms with Crippen molar-refractivity contribution in [2.24, 2.45) is 0 Å². The molecule has 0 bridgehead atoms. The van der Waals surface area contributed by atoms with Crippen molar-refractivity contribution < 1.29 is 9.53 Å².